The van der Waals surface area contributed by atoms with Crippen molar-refractivity contribution in [2.45, 2.75) is 26.2 Å². The highest BCUT2D eigenvalue weighted by molar-refractivity contribution is 7.17. The van der Waals surface area contributed by atoms with Crippen LogP contribution in [0.5, 0.6) is 0 Å². The number of thiophene rings is 1. The first-order valence-corrected chi connectivity index (χ1v) is 10.8. The second-order valence-corrected chi connectivity index (χ2v) is 8.42. The molecule has 1 amide bonds. The van der Waals surface area contributed by atoms with Crippen molar-refractivity contribution in [3.63, 3.8) is 0 Å². The number of aryl methyl sites for hydroxylation is 1. The highest BCUT2D eigenvalue weighted by Crippen LogP contribution is 2.39. The minimum Gasteiger partial charge on any atom is -0.462 e. The standard InChI is InChI=1S/C18H16Cl3N3O5S/c1-2-28-17(26)10-7-4-3-5-8(7)30-16(10)23-9(25)6-29-18(27)14-11(19)13(22)12(20)15(21)24-14/h2-6H2,1H3,(H2,22,24)(H,23,25). The van der Waals surface area contributed by atoms with Crippen molar-refractivity contribution in [3.05, 3.63) is 36.9 Å². The van der Waals surface area contributed by atoms with Crippen molar-refractivity contribution in [1.82, 2.24) is 4.98 Å². The summed E-state index contributed by atoms with van der Waals surface area (Å²) < 4.78 is 10.1. The molecule has 2 aromatic heterocycles. The average molecular weight is 493 g/mol. The predicted octanol–water partition coefficient (Wildman–Crippen LogP) is 4.15. The number of nitrogens with zero attached hydrogens (tertiary/aromatic N) is 1. The summed E-state index contributed by atoms with van der Waals surface area (Å²) in [6.07, 6.45) is 2.52. The van der Waals surface area contributed by atoms with Gasteiger partial charge in [0.05, 0.1) is 22.9 Å². The number of aromatic nitrogens is 1. The molecule has 0 aliphatic heterocycles. The topological polar surface area (TPSA) is 121 Å². The number of hydrogen-bond acceptors (Lipinski definition) is 8. The fraction of sp³-hybridized carbons (Fsp3) is 0.333. The Bertz CT molecular complexity index is 1040. The third-order valence-corrected chi connectivity index (χ3v) is 6.60. The van der Waals surface area contributed by atoms with Crippen LogP contribution in [-0.2, 0) is 27.1 Å². The van der Waals surface area contributed by atoms with Crippen LogP contribution in [0.1, 0.15) is 44.6 Å². The molecule has 0 aromatic carbocycles. The highest BCUT2D eigenvalue weighted by atomic mass is 35.5. The summed E-state index contributed by atoms with van der Waals surface area (Å²) in [6.45, 7) is 1.29. The SMILES string of the molecule is CCOC(=O)c1c(NC(=O)COC(=O)c2nc(Cl)c(Cl)c(N)c2Cl)sc2c1CCC2. The van der Waals surface area contributed by atoms with Gasteiger partial charge in [0.2, 0.25) is 0 Å². The normalized spacial score (nSPS) is 12.4. The minimum atomic E-state index is -1.00. The first-order chi connectivity index (χ1) is 14.2. The van der Waals surface area contributed by atoms with Crippen molar-refractivity contribution in [2.24, 2.45) is 0 Å². The van der Waals surface area contributed by atoms with Gasteiger partial charge < -0.3 is 20.5 Å². The van der Waals surface area contributed by atoms with Crippen molar-refractivity contribution in [3.8, 4) is 0 Å². The Balaban J connectivity index is 1.70. The Morgan fingerprint density at radius 1 is 1.13 bits per heavy atom. The van der Waals surface area contributed by atoms with Crippen LogP contribution >= 0.6 is 46.1 Å². The molecule has 2 aromatic rings. The van der Waals surface area contributed by atoms with E-state index in [9.17, 15) is 14.4 Å². The van der Waals surface area contributed by atoms with Crippen LogP contribution < -0.4 is 11.1 Å². The molecule has 0 radical (unpaired) electrons. The Labute approximate surface area is 190 Å². The van der Waals surface area contributed by atoms with Crippen LogP contribution in [0.25, 0.3) is 0 Å². The molecule has 160 valence electrons. The van der Waals surface area contributed by atoms with Crippen molar-refractivity contribution in [1.29, 1.82) is 0 Å². The van der Waals surface area contributed by atoms with Gasteiger partial charge >= 0.3 is 11.9 Å². The third-order valence-electron chi connectivity index (χ3n) is 4.25. The number of nitrogens with two attached hydrogens (primary N) is 1. The summed E-state index contributed by atoms with van der Waals surface area (Å²) >= 11 is 18.9. The summed E-state index contributed by atoms with van der Waals surface area (Å²) in [5.74, 6) is -2.14. The van der Waals surface area contributed by atoms with E-state index < -0.39 is 24.5 Å². The van der Waals surface area contributed by atoms with E-state index in [1.165, 1.54) is 11.3 Å². The number of hydrogen-bond donors (Lipinski definition) is 2. The summed E-state index contributed by atoms with van der Waals surface area (Å²) in [5.41, 5.74) is 6.43. The molecule has 3 rings (SSSR count). The van der Waals surface area contributed by atoms with Crippen LogP contribution in [0.15, 0.2) is 0 Å². The van der Waals surface area contributed by atoms with Crippen LogP contribution in [-0.4, -0.2) is 36.0 Å². The maximum atomic E-state index is 12.3. The monoisotopic (exact) mass is 491 g/mol. The number of esters is 2. The van der Waals surface area contributed by atoms with Crippen LogP contribution in [0.3, 0.4) is 0 Å². The zero-order valence-electron chi connectivity index (χ0n) is 15.6. The van der Waals surface area contributed by atoms with Gasteiger partial charge in [0.15, 0.2) is 17.5 Å². The Kier molecular flexibility index (Phi) is 7.07. The fourth-order valence-electron chi connectivity index (χ4n) is 2.94. The van der Waals surface area contributed by atoms with Gasteiger partial charge in [-0.1, -0.05) is 34.8 Å². The number of fused-ring (bicyclic) bond motifs is 1. The van der Waals surface area contributed by atoms with Crippen LogP contribution in [0.2, 0.25) is 15.2 Å². The number of nitrogen functional groups attached to an aromatic ring is 1. The highest BCUT2D eigenvalue weighted by Gasteiger charge is 2.29. The number of ether oxygens (including phenoxy) is 2. The van der Waals surface area contributed by atoms with Gasteiger partial charge in [0.25, 0.3) is 5.91 Å². The lowest BCUT2D eigenvalue weighted by molar-refractivity contribution is -0.119. The van der Waals surface area contributed by atoms with Gasteiger partial charge in [0.1, 0.15) is 10.0 Å². The molecule has 0 spiro atoms. The molecule has 1 aliphatic rings. The zero-order valence-corrected chi connectivity index (χ0v) is 18.7. The van der Waals surface area contributed by atoms with Crippen LogP contribution in [0, 0.1) is 0 Å². The molecule has 0 fully saturated rings. The number of carbonyl (C=O) groups is 3. The number of carbonyl (C=O) groups excluding carboxylic acids is 3. The van der Waals surface area contributed by atoms with E-state index in [0.29, 0.717) is 10.6 Å². The van der Waals surface area contributed by atoms with E-state index in [1.807, 2.05) is 0 Å². The lowest BCUT2D eigenvalue weighted by atomic mass is 10.1. The first-order valence-electron chi connectivity index (χ1n) is 8.83. The van der Waals surface area contributed by atoms with Crippen molar-refractivity contribution >= 4 is 74.7 Å². The zero-order chi connectivity index (χ0) is 22.0. The molecule has 8 nitrogen and oxygen atoms in total. The lowest BCUT2D eigenvalue weighted by Gasteiger charge is -2.10. The number of pyridine rings is 1. The van der Waals surface area contributed by atoms with Crippen molar-refractivity contribution in [2.75, 3.05) is 24.3 Å². The number of nitrogens with one attached hydrogen (secondary N) is 1. The van der Waals surface area contributed by atoms with Crippen LogP contribution in [0.4, 0.5) is 10.7 Å². The summed E-state index contributed by atoms with van der Waals surface area (Å²) in [6, 6.07) is 0. The Hall–Kier alpha value is -2.07. The first kappa shape index (κ1) is 22.6. The van der Waals surface area contributed by atoms with E-state index >= 15 is 0 Å². The van der Waals surface area contributed by atoms with Gasteiger partial charge in [-0.15, -0.1) is 11.3 Å². The average Bonchev–Trinajstić information content (AvgIpc) is 3.28. The smallest absolute Gasteiger partial charge is 0.359 e. The molecular formula is C18H16Cl3N3O5S. The van der Waals surface area contributed by atoms with E-state index in [1.54, 1.807) is 6.92 Å². The Morgan fingerprint density at radius 3 is 2.57 bits per heavy atom. The fourth-order valence-corrected chi connectivity index (χ4v) is 4.82. The molecule has 0 bridgehead atoms. The number of halogens is 3. The van der Waals surface area contributed by atoms with Gasteiger partial charge in [-0.3, -0.25) is 4.79 Å². The lowest BCUT2D eigenvalue weighted by Crippen LogP contribution is -2.22. The summed E-state index contributed by atoms with van der Waals surface area (Å²) in [7, 11) is 0. The van der Waals surface area contributed by atoms with Gasteiger partial charge in [-0.05, 0) is 31.7 Å². The minimum absolute atomic E-state index is 0.0896. The van der Waals surface area contributed by atoms with Gasteiger partial charge in [0, 0.05) is 4.88 Å². The molecule has 0 unspecified atom stereocenters. The molecule has 30 heavy (non-hydrogen) atoms. The third kappa shape index (κ3) is 4.49. The molecule has 0 saturated heterocycles. The molecule has 12 heteroatoms. The van der Waals surface area contributed by atoms with E-state index in [0.717, 1.165) is 29.7 Å². The largest absolute Gasteiger partial charge is 0.462 e. The molecular weight excluding hydrogens is 477 g/mol. The number of rotatable bonds is 6. The maximum Gasteiger partial charge on any atom is 0.359 e. The second-order valence-electron chi connectivity index (χ2n) is 6.20. The van der Waals surface area contributed by atoms with Gasteiger partial charge in [-0.2, -0.15) is 0 Å². The van der Waals surface area contributed by atoms with E-state index in [2.05, 4.69) is 10.3 Å². The van der Waals surface area contributed by atoms with Crippen molar-refractivity contribution < 1.29 is 23.9 Å². The maximum absolute atomic E-state index is 12.3. The predicted molar refractivity (Wildman–Crippen MR) is 115 cm³/mol. The van der Waals surface area contributed by atoms with Gasteiger partial charge in [-0.25, -0.2) is 14.6 Å². The number of amides is 1. The number of anilines is 2. The quantitative estimate of drug-likeness (QED) is 0.459. The molecule has 2 heterocycles. The molecule has 1 aliphatic carbocycles. The molecule has 0 saturated carbocycles. The second kappa shape index (κ2) is 9.38. The molecule has 0 atom stereocenters. The molecule has 3 N–H and O–H groups in total. The Morgan fingerprint density at radius 2 is 1.87 bits per heavy atom. The summed E-state index contributed by atoms with van der Waals surface area (Å²) in [4.78, 5) is 41.7. The van der Waals surface area contributed by atoms with E-state index in [4.69, 9.17) is 50.0 Å². The van der Waals surface area contributed by atoms with E-state index in [-0.39, 0.29) is 33.2 Å². The summed E-state index contributed by atoms with van der Waals surface area (Å²) in [5, 5.41) is 2.44.